The fraction of sp³-hybridized carbons (Fsp3) is 0.750. The molecule has 0 aromatic rings. The van der Waals surface area contributed by atoms with Gasteiger partial charge in [-0.05, 0) is 6.42 Å². The summed E-state index contributed by atoms with van der Waals surface area (Å²) in [5.74, 6) is -2.48. The molecule has 0 unspecified atom stereocenters. The van der Waals surface area contributed by atoms with Crippen molar-refractivity contribution >= 4 is 23.9 Å². The second-order valence-corrected chi connectivity index (χ2v) is 6.02. The van der Waals surface area contributed by atoms with Crippen molar-refractivity contribution in [3.05, 3.63) is 0 Å². The van der Waals surface area contributed by atoms with Crippen molar-refractivity contribution in [1.29, 1.82) is 0 Å². The Bertz CT molecular complexity index is 564. The molecule has 10 heteroatoms. The maximum Gasteiger partial charge on any atom is 0.353 e. The molecule has 2 heterocycles. The van der Waals surface area contributed by atoms with Gasteiger partial charge < -0.3 is 23.8 Å². The van der Waals surface area contributed by atoms with Crippen LogP contribution < -0.4 is 0 Å². The molecule has 26 heavy (non-hydrogen) atoms. The molecule has 146 valence electrons. The minimum Gasteiger partial charge on any atom is -0.463 e. The molecule has 2 fully saturated rings. The summed E-state index contributed by atoms with van der Waals surface area (Å²) in [5, 5.41) is 1.05. The maximum atomic E-state index is 12.3. The van der Waals surface area contributed by atoms with E-state index >= 15 is 0 Å². The van der Waals surface area contributed by atoms with Gasteiger partial charge in [-0.2, -0.15) is 0 Å². The monoisotopic (exact) mass is 373 g/mol. The van der Waals surface area contributed by atoms with Crippen molar-refractivity contribution in [2.24, 2.45) is 0 Å². The molecular formula is C16H23NO9. The van der Waals surface area contributed by atoms with E-state index in [0.717, 1.165) is 11.5 Å². The number of carbonyl (C=O) groups excluding carboxylic acids is 4. The Hall–Kier alpha value is -2.20. The zero-order valence-electron chi connectivity index (χ0n) is 15.0. The van der Waals surface area contributed by atoms with Crippen LogP contribution in [0.2, 0.25) is 0 Å². The van der Waals surface area contributed by atoms with E-state index in [1.54, 1.807) is 0 Å². The van der Waals surface area contributed by atoms with E-state index in [1.807, 2.05) is 6.92 Å². The molecule has 0 aromatic heterocycles. The van der Waals surface area contributed by atoms with Gasteiger partial charge in [-0.25, -0.2) is 4.79 Å². The van der Waals surface area contributed by atoms with Crippen LogP contribution in [0.25, 0.3) is 0 Å². The van der Waals surface area contributed by atoms with Crippen molar-refractivity contribution in [2.45, 2.75) is 64.5 Å². The van der Waals surface area contributed by atoms with Gasteiger partial charge in [0.25, 0.3) is 0 Å². The summed E-state index contributed by atoms with van der Waals surface area (Å²) in [6, 6.07) is -0.746. The van der Waals surface area contributed by atoms with Gasteiger partial charge in [0.05, 0.1) is 19.1 Å². The predicted molar refractivity (Wildman–Crippen MR) is 83.1 cm³/mol. The fourth-order valence-corrected chi connectivity index (χ4v) is 2.74. The lowest BCUT2D eigenvalue weighted by atomic mass is 10.0. The molecule has 0 radical (unpaired) electrons. The summed E-state index contributed by atoms with van der Waals surface area (Å²) in [4.78, 5) is 51.7. The van der Waals surface area contributed by atoms with Gasteiger partial charge in [-0.1, -0.05) is 18.4 Å². The molecule has 2 aliphatic heterocycles. The van der Waals surface area contributed by atoms with E-state index in [9.17, 15) is 19.2 Å². The quantitative estimate of drug-likeness (QED) is 0.345. The molecule has 0 aromatic carbocycles. The normalized spacial score (nSPS) is 28.0. The van der Waals surface area contributed by atoms with Crippen LogP contribution in [0.5, 0.6) is 0 Å². The number of rotatable bonds is 7. The summed E-state index contributed by atoms with van der Waals surface area (Å²) >= 11 is 0. The van der Waals surface area contributed by atoms with Crippen molar-refractivity contribution in [3.63, 3.8) is 0 Å². The lowest BCUT2D eigenvalue weighted by Gasteiger charge is -2.41. The average molecular weight is 373 g/mol. The lowest BCUT2D eigenvalue weighted by molar-refractivity contribution is -0.301. The standard InChI is InChI=1S/C16H23NO9/c1-4-5-6-22-16(21)15-17-11(7-13(20)26-17)14(24-10(3)19)12(25-15)8-23-9(2)18/h11-12,14-15H,4-8H2,1-3H3/t11-,12+,14-,15-/m0/s1. The summed E-state index contributed by atoms with van der Waals surface area (Å²) < 4.78 is 21.0. The molecule has 0 saturated carbocycles. The lowest BCUT2D eigenvalue weighted by Crippen LogP contribution is -2.62. The Morgan fingerprint density at radius 1 is 1.19 bits per heavy atom. The van der Waals surface area contributed by atoms with Crippen LogP contribution in [-0.2, 0) is 43.0 Å². The molecule has 0 N–H and O–H groups in total. The number of fused-ring (bicyclic) bond motifs is 1. The molecule has 0 amide bonds. The van der Waals surface area contributed by atoms with Crippen molar-refractivity contribution < 1.29 is 43.0 Å². The highest BCUT2D eigenvalue weighted by atomic mass is 16.8. The van der Waals surface area contributed by atoms with Crippen molar-refractivity contribution in [1.82, 2.24) is 5.06 Å². The van der Waals surface area contributed by atoms with Gasteiger partial charge in [0.1, 0.15) is 12.7 Å². The van der Waals surface area contributed by atoms with Crippen LogP contribution in [0, 0.1) is 0 Å². The molecule has 4 atom stereocenters. The Labute approximate surface area is 150 Å². The summed E-state index contributed by atoms with van der Waals surface area (Å²) in [5.41, 5.74) is 0. The van der Waals surface area contributed by atoms with E-state index in [-0.39, 0.29) is 19.6 Å². The smallest absolute Gasteiger partial charge is 0.353 e. The Balaban J connectivity index is 2.19. The van der Waals surface area contributed by atoms with Gasteiger partial charge in [-0.15, -0.1) is 0 Å². The number of ether oxygens (including phenoxy) is 4. The second kappa shape index (κ2) is 8.95. The minimum atomic E-state index is -1.32. The highest BCUT2D eigenvalue weighted by Gasteiger charge is 2.55. The Kier molecular flexibility index (Phi) is 6.92. The number of nitrogens with zero attached hydrogens (tertiary/aromatic N) is 1. The van der Waals surface area contributed by atoms with Crippen LogP contribution in [0.15, 0.2) is 0 Å². The zero-order chi connectivity index (χ0) is 19.3. The molecular weight excluding hydrogens is 350 g/mol. The molecule has 2 aliphatic rings. The van der Waals surface area contributed by atoms with Gasteiger partial charge in [0.2, 0.25) is 6.23 Å². The molecule has 0 aliphatic carbocycles. The van der Waals surface area contributed by atoms with Crippen LogP contribution in [0.1, 0.15) is 40.0 Å². The molecule has 0 bridgehead atoms. The molecule has 2 saturated heterocycles. The Morgan fingerprint density at radius 3 is 2.54 bits per heavy atom. The average Bonchev–Trinajstić information content (AvgIpc) is 2.95. The van der Waals surface area contributed by atoms with Gasteiger partial charge in [0.15, 0.2) is 6.10 Å². The maximum absolute atomic E-state index is 12.3. The van der Waals surface area contributed by atoms with E-state index in [1.165, 1.54) is 13.8 Å². The van der Waals surface area contributed by atoms with E-state index in [2.05, 4.69) is 0 Å². The highest BCUT2D eigenvalue weighted by molar-refractivity contribution is 5.77. The topological polar surface area (TPSA) is 118 Å². The first kappa shape index (κ1) is 20.1. The van der Waals surface area contributed by atoms with Crippen LogP contribution in [0.3, 0.4) is 0 Å². The van der Waals surface area contributed by atoms with E-state index in [0.29, 0.717) is 6.42 Å². The largest absolute Gasteiger partial charge is 0.463 e. The molecule has 2 rings (SSSR count). The highest BCUT2D eigenvalue weighted by Crippen LogP contribution is 2.33. The zero-order valence-corrected chi connectivity index (χ0v) is 15.0. The second-order valence-electron chi connectivity index (χ2n) is 6.02. The van der Waals surface area contributed by atoms with Crippen molar-refractivity contribution in [2.75, 3.05) is 13.2 Å². The van der Waals surface area contributed by atoms with Gasteiger partial charge in [-0.3, -0.25) is 14.4 Å². The van der Waals surface area contributed by atoms with E-state index in [4.69, 9.17) is 23.8 Å². The number of unbranched alkanes of at least 4 members (excludes halogenated alkanes) is 1. The molecule has 10 nitrogen and oxygen atoms in total. The molecule has 0 spiro atoms. The van der Waals surface area contributed by atoms with Crippen LogP contribution in [0.4, 0.5) is 0 Å². The fourth-order valence-electron chi connectivity index (χ4n) is 2.74. The third-order valence-corrected chi connectivity index (χ3v) is 3.89. The minimum absolute atomic E-state index is 0.101. The number of hydrogen-bond acceptors (Lipinski definition) is 10. The first-order chi connectivity index (χ1) is 12.3. The summed E-state index contributed by atoms with van der Waals surface area (Å²) in [7, 11) is 0. The third kappa shape index (κ3) is 4.92. The third-order valence-electron chi connectivity index (χ3n) is 3.89. The predicted octanol–water partition coefficient (Wildman–Crippen LogP) is 0.0819. The Morgan fingerprint density at radius 2 is 1.92 bits per heavy atom. The van der Waals surface area contributed by atoms with Crippen molar-refractivity contribution in [3.8, 4) is 0 Å². The SMILES string of the molecule is CCCCOC(=O)[C@@H]1O[C@H](COC(C)=O)[C@@H](OC(C)=O)[C@@H]2CC(=O)ON12. The first-order valence-electron chi connectivity index (χ1n) is 8.45. The number of carbonyl (C=O) groups is 4. The first-order valence-corrected chi connectivity index (χ1v) is 8.45. The number of esters is 3. The van der Waals surface area contributed by atoms with E-state index < -0.39 is 48.4 Å². The van der Waals surface area contributed by atoms with Gasteiger partial charge >= 0.3 is 23.9 Å². The van der Waals surface area contributed by atoms with Crippen LogP contribution in [-0.4, -0.2) is 66.6 Å². The van der Waals surface area contributed by atoms with Gasteiger partial charge in [0, 0.05) is 13.8 Å². The summed E-state index contributed by atoms with van der Waals surface area (Å²) in [6.07, 6.45) is -1.80. The summed E-state index contributed by atoms with van der Waals surface area (Å²) in [6.45, 7) is 4.32. The number of hydrogen-bond donors (Lipinski definition) is 0. The number of hydroxylamine groups is 2. The van der Waals surface area contributed by atoms with Crippen LogP contribution >= 0.6 is 0 Å².